The maximum absolute atomic E-state index is 13.8. The Morgan fingerprint density at radius 3 is 2.75 bits per heavy atom. The van der Waals surface area contributed by atoms with E-state index in [4.69, 9.17) is 16.2 Å². The third-order valence-electron chi connectivity index (χ3n) is 6.93. The molecule has 0 aliphatic carbocycles. The highest BCUT2D eigenvalue weighted by molar-refractivity contribution is 7.92. The number of carbonyl (C=O) groups is 2. The topological polar surface area (TPSA) is 215 Å². The van der Waals surface area contributed by atoms with Crippen LogP contribution in [0.3, 0.4) is 0 Å². The smallest absolute Gasteiger partial charge is 0.326 e. The lowest BCUT2D eigenvalue weighted by Crippen LogP contribution is -2.40. The Labute approximate surface area is 257 Å². The number of guanidine groups is 1. The summed E-state index contributed by atoms with van der Waals surface area (Å²) in [4.78, 5) is 28.6. The van der Waals surface area contributed by atoms with Gasteiger partial charge in [0, 0.05) is 25.6 Å². The van der Waals surface area contributed by atoms with E-state index in [0.29, 0.717) is 31.4 Å². The van der Waals surface area contributed by atoms with Crippen LogP contribution in [0.2, 0.25) is 0 Å². The van der Waals surface area contributed by atoms with Crippen LogP contribution in [0.1, 0.15) is 39.2 Å². The molecule has 0 fully saturated rings. The van der Waals surface area contributed by atoms with Crippen LogP contribution in [-0.4, -0.2) is 60.8 Å². The number of benzene rings is 2. The highest BCUT2D eigenvalue weighted by Crippen LogP contribution is 2.39. The molecule has 4 aromatic rings. The molecular formula is C29H31N7O6S2. The zero-order valence-corrected chi connectivity index (χ0v) is 25.1. The molecule has 0 spiro atoms. The minimum absolute atomic E-state index is 0.0183. The van der Waals surface area contributed by atoms with E-state index in [1.54, 1.807) is 17.6 Å². The first kappa shape index (κ1) is 30.6. The number of hydrogen-bond donors (Lipinski definition) is 6. The number of aromatic nitrogens is 2. The summed E-state index contributed by atoms with van der Waals surface area (Å²) in [5.74, 6) is -1.81. The standard InChI is InChI=1S/C29H31N7O6S2/c30-29(31)32-8-2-5-23(28(38)39)35-27(37)26-22(7-10-43-26)36-44(40,41)24-14-21(13-20-6-9-42-25(20)24)19-4-1-3-17(12-19)11-18-15-33-34-16-18/h1,3-4,7,10,12-16,23,36H,2,5-6,8-9,11H2,(H,33,34)(H,35,37)(H,38,39)(H4,30,31,32)/t23-/m0/s1. The van der Waals surface area contributed by atoms with Crippen molar-refractivity contribution in [2.75, 3.05) is 17.9 Å². The quantitative estimate of drug-likeness (QED) is 0.0721. The largest absolute Gasteiger partial charge is 0.492 e. The number of nitrogens with one attached hydrogen (secondary N) is 3. The van der Waals surface area contributed by atoms with Gasteiger partial charge in [-0.05, 0) is 64.2 Å². The van der Waals surface area contributed by atoms with Crippen molar-refractivity contribution < 1.29 is 27.9 Å². The number of rotatable bonds is 13. The summed E-state index contributed by atoms with van der Waals surface area (Å²) >= 11 is 0.983. The second-order valence-electron chi connectivity index (χ2n) is 10.1. The van der Waals surface area contributed by atoms with Crippen LogP contribution in [0.15, 0.2) is 70.1 Å². The number of carboxylic acid groups (broad SMARTS) is 1. The second-order valence-corrected chi connectivity index (χ2v) is 12.7. The predicted molar refractivity (Wildman–Crippen MR) is 166 cm³/mol. The molecule has 1 aliphatic rings. The van der Waals surface area contributed by atoms with Crippen molar-refractivity contribution in [1.82, 2.24) is 15.5 Å². The molecule has 0 bridgehead atoms. The number of aliphatic carboxylic acids is 1. The minimum atomic E-state index is -4.23. The van der Waals surface area contributed by atoms with E-state index >= 15 is 0 Å². The monoisotopic (exact) mass is 637 g/mol. The lowest BCUT2D eigenvalue weighted by Gasteiger charge is -2.16. The summed E-state index contributed by atoms with van der Waals surface area (Å²) in [6.45, 7) is 0.542. The molecule has 0 saturated carbocycles. The number of amides is 1. The molecule has 0 unspecified atom stereocenters. The average Bonchev–Trinajstić information content (AvgIpc) is 3.76. The molecule has 13 nitrogen and oxygen atoms in total. The fraction of sp³-hybridized carbons (Fsp3) is 0.241. The molecule has 3 heterocycles. The Hall–Kier alpha value is -4.89. The normalized spacial score (nSPS) is 13.0. The number of nitrogens with two attached hydrogens (primary N) is 2. The molecule has 8 N–H and O–H groups in total. The first-order valence-corrected chi connectivity index (χ1v) is 16.0. The predicted octanol–water partition coefficient (Wildman–Crippen LogP) is 2.70. The van der Waals surface area contributed by atoms with E-state index in [2.05, 4.69) is 25.2 Å². The summed E-state index contributed by atoms with van der Waals surface area (Å²) in [6.07, 6.45) is 5.17. The summed E-state index contributed by atoms with van der Waals surface area (Å²) in [7, 11) is -4.23. The third-order valence-corrected chi connectivity index (χ3v) is 9.21. The van der Waals surface area contributed by atoms with E-state index in [-0.39, 0.29) is 40.1 Å². The van der Waals surface area contributed by atoms with E-state index < -0.39 is 27.9 Å². The number of ether oxygens (including phenoxy) is 1. The van der Waals surface area contributed by atoms with Crippen LogP contribution >= 0.6 is 11.3 Å². The fourth-order valence-electron chi connectivity index (χ4n) is 4.86. The zero-order chi connectivity index (χ0) is 31.3. The molecule has 230 valence electrons. The van der Waals surface area contributed by atoms with E-state index in [0.717, 1.165) is 33.6 Å². The second kappa shape index (κ2) is 13.2. The van der Waals surface area contributed by atoms with Crippen LogP contribution in [0.5, 0.6) is 5.75 Å². The van der Waals surface area contributed by atoms with Gasteiger partial charge in [0.25, 0.3) is 15.9 Å². The number of aromatic amines is 1. The van der Waals surface area contributed by atoms with Crippen molar-refractivity contribution in [2.45, 2.75) is 36.6 Å². The minimum Gasteiger partial charge on any atom is -0.492 e. The Morgan fingerprint density at radius 1 is 1.16 bits per heavy atom. The van der Waals surface area contributed by atoms with Gasteiger partial charge in [-0.25, -0.2) is 13.2 Å². The number of nitrogens with zero attached hydrogens (tertiary/aromatic N) is 2. The SMILES string of the molecule is NC(N)=NCCC[C@H](NC(=O)c1sccc1NS(=O)(=O)c1cc(-c2cccc(Cc3cn[nH]c3)c2)cc2c1OCC2)C(=O)O. The summed E-state index contributed by atoms with van der Waals surface area (Å²) in [6, 6.07) is 11.6. The van der Waals surface area contributed by atoms with Gasteiger partial charge < -0.3 is 26.6 Å². The summed E-state index contributed by atoms with van der Waals surface area (Å²) in [5, 5.41) is 20.4. The summed E-state index contributed by atoms with van der Waals surface area (Å²) in [5.41, 5.74) is 15.0. The number of hydrogen-bond acceptors (Lipinski definition) is 8. The molecular weight excluding hydrogens is 606 g/mol. The van der Waals surface area contributed by atoms with Crippen molar-refractivity contribution in [1.29, 1.82) is 0 Å². The van der Waals surface area contributed by atoms with Gasteiger partial charge in [-0.1, -0.05) is 24.3 Å². The first-order valence-electron chi connectivity index (χ1n) is 13.7. The van der Waals surface area contributed by atoms with Gasteiger partial charge >= 0.3 is 5.97 Å². The number of sulfonamides is 1. The fourth-order valence-corrected chi connectivity index (χ4v) is 6.96. The van der Waals surface area contributed by atoms with Gasteiger partial charge in [0.15, 0.2) is 5.96 Å². The average molecular weight is 638 g/mol. The van der Waals surface area contributed by atoms with Gasteiger partial charge in [-0.3, -0.25) is 19.6 Å². The van der Waals surface area contributed by atoms with Crippen molar-refractivity contribution in [3.8, 4) is 16.9 Å². The van der Waals surface area contributed by atoms with Gasteiger partial charge in [0.2, 0.25) is 0 Å². The van der Waals surface area contributed by atoms with Crippen LogP contribution in [0.25, 0.3) is 11.1 Å². The molecule has 2 aromatic heterocycles. The van der Waals surface area contributed by atoms with Gasteiger partial charge in [0.1, 0.15) is 21.6 Å². The van der Waals surface area contributed by atoms with Crippen LogP contribution in [-0.2, 0) is 27.7 Å². The van der Waals surface area contributed by atoms with Crippen LogP contribution < -0.4 is 26.2 Å². The molecule has 1 aliphatic heterocycles. The van der Waals surface area contributed by atoms with Crippen molar-refractivity contribution in [2.24, 2.45) is 16.5 Å². The molecule has 15 heteroatoms. The third kappa shape index (κ3) is 7.18. The maximum Gasteiger partial charge on any atom is 0.326 e. The van der Waals surface area contributed by atoms with Gasteiger partial charge in [-0.2, -0.15) is 5.10 Å². The molecule has 0 radical (unpaired) electrons. The van der Waals surface area contributed by atoms with Gasteiger partial charge in [-0.15, -0.1) is 11.3 Å². The number of H-pyrrole nitrogens is 1. The maximum atomic E-state index is 13.8. The van der Waals surface area contributed by atoms with Crippen LogP contribution in [0, 0.1) is 0 Å². The first-order chi connectivity index (χ1) is 21.1. The number of fused-ring (bicyclic) bond motifs is 1. The number of aliphatic imine (C=N–C) groups is 1. The van der Waals surface area contributed by atoms with E-state index in [9.17, 15) is 23.1 Å². The number of carbonyl (C=O) groups excluding carboxylic acids is 1. The lowest BCUT2D eigenvalue weighted by molar-refractivity contribution is -0.139. The highest BCUT2D eigenvalue weighted by atomic mass is 32.2. The molecule has 1 atom stereocenters. The summed E-state index contributed by atoms with van der Waals surface area (Å²) < 4.78 is 35.9. The molecule has 1 amide bonds. The van der Waals surface area contributed by atoms with Crippen molar-refractivity contribution in [3.63, 3.8) is 0 Å². The number of carboxylic acids is 1. The highest BCUT2D eigenvalue weighted by Gasteiger charge is 2.29. The Kier molecular flexibility index (Phi) is 9.15. The molecule has 2 aromatic carbocycles. The number of thiophene rings is 1. The molecule has 5 rings (SSSR count). The van der Waals surface area contributed by atoms with E-state index in [1.807, 2.05) is 36.5 Å². The van der Waals surface area contributed by atoms with Crippen molar-refractivity contribution in [3.05, 3.63) is 81.8 Å². The Balaban J connectivity index is 1.38. The van der Waals surface area contributed by atoms with Crippen LogP contribution in [0.4, 0.5) is 5.69 Å². The zero-order valence-electron chi connectivity index (χ0n) is 23.4. The number of anilines is 1. The van der Waals surface area contributed by atoms with Crippen molar-refractivity contribution >= 4 is 44.9 Å². The molecule has 44 heavy (non-hydrogen) atoms. The van der Waals surface area contributed by atoms with E-state index in [1.165, 1.54) is 6.07 Å². The Morgan fingerprint density at radius 2 is 2.00 bits per heavy atom. The lowest BCUT2D eigenvalue weighted by atomic mass is 9.98. The Bertz CT molecular complexity index is 1800. The molecule has 0 saturated heterocycles. The van der Waals surface area contributed by atoms with Gasteiger partial charge in [0.05, 0.1) is 18.5 Å².